The number of hydrogen-bond donors (Lipinski definition) is 2. The minimum atomic E-state index is 0.381. The highest BCUT2D eigenvalue weighted by atomic mass is 15.3. The molecule has 1 saturated heterocycles. The first-order valence-electron chi connectivity index (χ1n) is 5.76. The van der Waals surface area contributed by atoms with Crippen LogP contribution in [0.4, 0.5) is 5.82 Å². The number of piperidine rings is 1. The summed E-state index contributed by atoms with van der Waals surface area (Å²) in [6.07, 6.45) is 3.20. The standard InChI is InChI=1S/C11H20N4/c1-3-10-8(2)13-14-11(10)15-6-4-9(12)5-7-15/h9H,3-7,12H2,1-2H3,(H,13,14). The first-order valence-corrected chi connectivity index (χ1v) is 5.76. The number of aromatic nitrogens is 2. The van der Waals surface area contributed by atoms with E-state index >= 15 is 0 Å². The van der Waals surface area contributed by atoms with Crippen molar-refractivity contribution in [1.29, 1.82) is 0 Å². The highest BCUT2D eigenvalue weighted by molar-refractivity contribution is 5.49. The molecule has 2 rings (SSSR count). The van der Waals surface area contributed by atoms with Gasteiger partial charge in [0.15, 0.2) is 5.82 Å². The summed E-state index contributed by atoms with van der Waals surface area (Å²) in [6, 6.07) is 0.381. The van der Waals surface area contributed by atoms with Crippen LogP contribution < -0.4 is 10.6 Å². The quantitative estimate of drug-likeness (QED) is 0.768. The Balaban J connectivity index is 2.15. The second kappa shape index (κ2) is 4.23. The molecule has 0 saturated carbocycles. The molecular weight excluding hydrogens is 188 g/mol. The average Bonchev–Trinajstić information content (AvgIpc) is 2.61. The smallest absolute Gasteiger partial charge is 0.153 e. The summed E-state index contributed by atoms with van der Waals surface area (Å²) in [5.41, 5.74) is 8.44. The van der Waals surface area contributed by atoms with E-state index in [1.54, 1.807) is 0 Å². The molecule has 0 unspecified atom stereocenters. The number of rotatable bonds is 2. The van der Waals surface area contributed by atoms with Crippen LogP contribution in [0.1, 0.15) is 31.0 Å². The Bertz CT molecular complexity index is 323. The average molecular weight is 208 g/mol. The first kappa shape index (κ1) is 10.5. The number of H-pyrrole nitrogens is 1. The molecule has 1 aliphatic heterocycles. The van der Waals surface area contributed by atoms with Gasteiger partial charge >= 0.3 is 0 Å². The van der Waals surface area contributed by atoms with Gasteiger partial charge in [0.1, 0.15) is 0 Å². The Hall–Kier alpha value is -1.03. The fraction of sp³-hybridized carbons (Fsp3) is 0.727. The lowest BCUT2D eigenvalue weighted by atomic mass is 10.1. The second-order valence-corrected chi connectivity index (χ2v) is 4.33. The molecule has 1 aliphatic rings. The third kappa shape index (κ3) is 2.00. The lowest BCUT2D eigenvalue weighted by Crippen LogP contribution is -2.40. The molecule has 3 N–H and O–H groups in total. The molecule has 1 aromatic rings. The van der Waals surface area contributed by atoms with Gasteiger partial charge in [0.05, 0.1) is 0 Å². The van der Waals surface area contributed by atoms with Crippen molar-refractivity contribution in [2.24, 2.45) is 5.73 Å². The summed E-state index contributed by atoms with van der Waals surface area (Å²) < 4.78 is 0. The van der Waals surface area contributed by atoms with Crippen molar-refractivity contribution in [3.05, 3.63) is 11.3 Å². The van der Waals surface area contributed by atoms with Gasteiger partial charge in [-0.1, -0.05) is 6.92 Å². The number of aromatic amines is 1. The lowest BCUT2D eigenvalue weighted by Gasteiger charge is -2.30. The van der Waals surface area contributed by atoms with Crippen LogP contribution in [-0.4, -0.2) is 29.3 Å². The molecule has 0 amide bonds. The summed E-state index contributed by atoms with van der Waals surface area (Å²) in [5, 5.41) is 7.47. The van der Waals surface area contributed by atoms with Gasteiger partial charge in [0.25, 0.3) is 0 Å². The predicted octanol–water partition coefficient (Wildman–Crippen LogP) is 1.21. The summed E-state index contributed by atoms with van der Waals surface area (Å²) in [6.45, 7) is 6.35. The van der Waals surface area contributed by atoms with Crippen molar-refractivity contribution in [3.63, 3.8) is 0 Å². The molecule has 2 heterocycles. The normalized spacial score (nSPS) is 18.5. The monoisotopic (exact) mass is 208 g/mol. The summed E-state index contributed by atoms with van der Waals surface area (Å²) in [5.74, 6) is 1.14. The maximum Gasteiger partial charge on any atom is 0.153 e. The van der Waals surface area contributed by atoms with E-state index in [4.69, 9.17) is 5.73 Å². The van der Waals surface area contributed by atoms with E-state index in [0.717, 1.165) is 38.2 Å². The lowest BCUT2D eigenvalue weighted by molar-refractivity contribution is 0.498. The molecule has 4 heteroatoms. The maximum atomic E-state index is 5.90. The summed E-state index contributed by atoms with van der Waals surface area (Å²) in [7, 11) is 0. The van der Waals surface area contributed by atoms with Gasteiger partial charge in [0.2, 0.25) is 0 Å². The van der Waals surface area contributed by atoms with Crippen molar-refractivity contribution in [2.45, 2.75) is 39.2 Å². The zero-order valence-corrected chi connectivity index (χ0v) is 9.58. The third-order valence-electron chi connectivity index (χ3n) is 3.24. The number of nitrogens with two attached hydrogens (primary N) is 1. The van der Waals surface area contributed by atoms with Crippen molar-refractivity contribution in [2.75, 3.05) is 18.0 Å². The second-order valence-electron chi connectivity index (χ2n) is 4.33. The molecule has 4 nitrogen and oxygen atoms in total. The Morgan fingerprint density at radius 2 is 2.13 bits per heavy atom. The van der Waals surface area contributed by atoms with Crippen molar-refractivity contribution < 1.29 is 0 Å². The molecule has 84 valence electrons. The van der Waals surface area contributed by atoms with Crippen LogP contribution in [0.25, 0.3) is 0 Å². The molecule has 0 atom stereocenters. The van der Waals surface area contributed by atoms with Gasteiger partial charge in [-0.05, 0) is 26.2 Å². The van der Waals surface area contributed by atoms with Gasteiger partial charge in [0, 0.05) is 30.4 Å². The van der Waals surface area contributed by atoms with Gasteiger partial charge in [-0.3, -0.25) is 5.10 Å². The predicted molar refractivity (Wildman–Crippen MR) is 62.1 cm³/mol. The van der Waals surface area contributed by atoms with Crippen LogP contribution in [-0.2, 0) is 6.42 Å². The van der Waals surface area contributed by atoms with Crippen LogP contribution in [0.5, 0.6) is 0 Å². The van der Waals surface area contributed by atoms with Gasteiger partial charge in [-0.2, -0.15) is 5.10 Å². The molecule has 1 aromatic heterocycles. The zero-order chi connectivity index (χ0) is 10.8. The Morgan fingerprint density at radius 3 is 2.73 bits per heavy atom. The molecule has 15 heavy (non-hydrogen) atoms. The molecule has 0 bridgehead atoms. The number of nitrogens with zero attached hydrogens (tertiary/aromatic N) is 2. The Morgan fingerprint density at radius 1 is 1.47 bits per heavy atom. The summed E-state index contributed by atoms with van der Waals surface area (Å²) in [4.78, 5) is 2.35. The van der Waals surface area contributed by atoms with Gasteiger partial charge < -0.3 is 10.6 Å². The van der Waals surface area contributed by atoms with Crippen LogP contribution in [0.2, 0.25) is 0 Å². The van der Waals surface area contributed by atoms with E-state index in [1.165, 1.54) is 11.3 Å². The molecule has 0 spiro atoms. The Kier molecular flexibility index (Phi) is 2.95. The number of anilines is 1. The van der Waals surface area contributed by atoms with Crippen LogP contribution in [0, 0.1) is 6.92 Å². The molecule has 0 aliphatic carbocycles. The number of nitrogens with one attached hydrogen (secondary N) is 1. The van der Waals surface area contributed by atoms with Crippen molar-refractivity contribution in [1.82, 2.24) is 10.2 Å². The van der Waals surface area contributed by atoms with Crippen LogP contribution in [0.15, 0.2) is 0 Å². The van der Waals surface area contributed by atoms with Gasteiger partial charge in [-0.25, -0.2) is 0 Å². The van der Waals surface area contributed by atoms with Crippen molar-refractivity contribution in [3.8, 4) is 0 Å². The number of hydrogen-bond acceptors (Lipinski definition) is 3. The highest BCUT2D eigenvalue weighted by Crippen LogP contribution is 2.23. The van der Waals surface area contributed by atoms with E-state index in [2.05, 4.69) is 28.9 Å². The van der Waals surface area contributed by atoms with Crippen molar-refractivity contribution >= 4 is 5.82 Å². The zero-order valence-electron chi connectivity index (χ0n) is 9.58. The maximum absolute atomic E-state index is 5.90. The minimum absolute atomic E-state index is 0.381. The fourth-order valence-electron chi connectivity index (χ4n) is 2.24. The molecule has 0 radical (unpaired) electrons. The van der Waals surface area contributed by atoms with Crippen LogP contribution in [0.3, 0.4) is 0 Å². The van der Waals surface area contributed by atoms with E-state index in [9.17, 15) is 0 Å². The SMILES string of the molecule is CCc1c(N2CCC(N)CC2)n[nH]c1C. The topological polar surface area (TPSA) is 57.9 Å². The van der Waals surface area contributed by atoms with E-state index in [-0.39, 0.29) is 0 Å². The minimum Gasteiger partial charge on any atom is -0.355 e. The molecule has 0 aromatic carbocycles. The molecular formula is C11H20N4. The van der Waals surface area contributed by atoms with E-state index in [1.807, 2.05) is 0 Å². The third-order valence-corrected chi connectivity index (χ3v) is 3.24. The summed E-state index contributed by atoms with van der Waals surface area (Å²) >= 11 is 0. The first-order chi connectivity index (χ1) is 7.22. The van der Waals surface area contributed by atoms with E-state index < -0.39 is 0 Å². The van der Waals surface area contributed by atoms with E-state index in [0.29, 0.717) is 6.04 Å². The fourth-order valence-corrected chi connectivity index (χ4v) is 2.24. The van der Waals surface area contributed by atoms with Gasteiger partial charge in [-0.15, -0.1) is 0 Å². The van der Waals surface area contributed by atoms with Crippen LogP contribution >= 0.6 is 0 Å². The number of aryl methyl sites for hydroxylation is 1. The Labute approximate surface area is 90.8 Å². The highest BCUT2D eigenvalue weighted by Gasteiger charge is 2.20. The molecule has 1 fully saturated rings. The largest absolute Gasteiger partial charge is 0.355 e.